The fourth-order valence-corrected chi connectivity index (χ4v) is 1.56. The summed E-state index contributed by atoms with van der Waals surface area (Å²) in [5, 5.41) is 3.03. The summed E-state index contributed by atoms with van der Waals surface area (Å²) in [6.07, 6.45) is 4.77. The van der Waals surface area contributed by atoms with Gasteiger partial charge in [-0.05, 0) is 17.3 Å². The van der Waals surface area contributed by atoms with Crippen LogP contribution in [-0.4, -0.2) is 25.7 Å². The highest BCUT2D eigenvalue weighted by molar-refractivity contribution is 5.81. The molecule has 0 saturated carbocycles. The summed E-state index contributed by atoms with van der Waals surface area (Å²) in [7, 11) is 0. The van der Waals surface area contributed by atoms with Crippen LogP contribution < -0.4 is 5.32 Å². The number of carbonyl (C=O) groups excluding carboxylic acids is 1. The summed E-state index contributed by atoms with van der Waals surface area (Å²) in [5.74, 6) is 0.109. The number of ether oxygens (including phenoxy) is 1. The summed E-state index contributed by atoms with van der Waals surface area (Å²) < 4.78 is 5.58. The molecule has 1 amide bonds. The lowest BCUT2D eigenvalue weighted by Crippen LogP contribution is -2.40. The second-order valence-electron chi connectivity index (χ2n) is 8.88. The van der Waals surface area contributed by atoms with Gasteiger partial charge in [0, 0.05) is 12.0 Å². The van der Waals surface area contributed by atoms with Crippen molar-refractivity contribution in [3.63, 3.8) is 0 Å². The zero-order valence-corrected chi connectivity index (χ0v) is 15.3. The first kappa shape index (κ1) is 20.2. The standard InChI is InChI=1S/C18H35NO2/c1-16(2,3)13-19-15(20)18(7,8)11-9-10-12-21-14-17(4,5)6/h9-10H,11-14H2,1-8H3,(H,19,20). The van der Waals surface area contributed by atoms with Crippen molar-refractivity contribution in [3.05, 3.63) is 12.2 Å². The van der Waals surface area contributed by atoms with E-state index in [1.165, 1.54) is 0 Å². The maximum atomic E-state index is 12.2. The summed E-state index contributed by atoms with van der Waals surface area (Å²) in [5.41, 5.74) is -0.0753. The van der Waals surface area contributed by atoms with Gasteiger partial charge in [-0.2, -0.15) is 0 Å². The number of carbonyl (C=O) groups is 1. The Morgan fingerprint density at radius 2 is 1.52 bits per heavy atom. The number of amides is 1. The Morgan fingerprint density at radius 3 is 2.00 bits per heavy atom. The van der Waals surface area contributed by atoms with E-state index in [1.807, 2.05) is 26.0 Å². The Hall–Kier alpha value is -0.830. The predicted molar refractivity (Wildman–Crippen MR) is 90.3 cm³/mol. The highest BCUT2D eigenvalue weighted by Crippen LogP contribution is 2.22. The molecule has 124 valence electrons. The van der Waals surface area contributed by atoms with Gasteiger partial charge in [0.15, 0.2) is 0 Å². The minimum Gasteiger partial charge on any atom is -0.377 e. The zero-order chi connectivity index (χ0) is 16.7. The van der Waals surface area contributed by atoms with Crippen molar-refractivity contribution in [2.24, 2.45) is 16.2 Å². The molecule has 0 bridgehead atoms. The smallest absolute Gasteiger partial charge is 0.225 e. The van der Waals surface area contributed by atoms with Gasteiger partial charge in [0.2, 0.25) is 5.91 Å². The van der Waals surface area contributed by atoms with Gasteiger partial charge < -0.3 is 10.1 Å². The highest BCUT2D eigenvalue weighted by Gasteiger charge is 2.26. The lowest BCUT2D eigenvalue weighted by Gasteiger charge is -2.25. The maximum absolute atomic E-state index is 12.2. The molecule has 0 unspecified atom stereocenters. The van der Waals surface area contributed by atoms with Crippen LogP contribution in [0.25, 0.3) is 0 Å². The van der Waals surface area contributed by atoms with Crippen LogP contribution in [-0.2, 0) is 9.53 Å². The van der Waals surface area contributed by atoms with Crippen molar-refractivity contribution in [2.45, 2.75) is 61.8 Å². The second kappa shape index (κ2) is 7.98. The molecule has 0 aliphatic rings. The molecule has 0 radical (unpaired) electrons. The Labute approximate surface area is 131 Å². The van der Waals surface area contributed by atoms with E-state index in [2.05, 4.69) is 46.9 Å². The van der Waals surface area contributed by atoms with Gasteiger partial charge >= 0.3 is 0 Å². The average molecular weight is 297 g/mol. The highest BCUT2D eigenvalue weighted by atomic mass is 16.5. The average Bonchev–Trinajstić information content (AvgIpc) is 2.28. The number of nitrogens with one attached hydrogen (secondary N) is 1. The first-order chi connectivity index (χ1) is 9.33. The largest absolute Gasteiger partial charge is 0.377 e. The molecule has 0 aliphatic heterocycles. The van der Waals surface area contributed by atoms with E-state index in [0.717, 1.165) is 13.0 Å². The van der Waals surface area contributed by atoms with Gasteiger partial charge in [0.05, 0.1) is 13.2 Å². The quantitative estimate of drug-likeness (QED) is 0.565. The summed E-state index contributed by atoms with van der Waals surface area (Å²) in [6, 6.07) is 0. The SMILES string of the molecule is CC(C)(C)CNC(=O)C(C)(C)CC=CCOCC(C)(C)C. The van der Waals surface area contributed by atoms with Crippen LogP contribution in [0.5, 0.6) is 0 Å². The third-order valence-corrected chi connectivity index (χ3v) is 2.94. The molecule has 0 aromatic rings. The van der Waals surface area contributed by atoms with E-state index in [-0.39, 0.29) is 22.2 Å². The third-order valence-electron chi connectivity index (χ3n) is 2.94. The molecule has 0 saturated heterocycles. The van der Waals surface area contributed by atoms with Crippen LogP contribution in [0.4, 0.5) is 0 Å². The summed E-state index contributed by atoms with van der Waals surface area (Å²) in [4.78, 5) is 12.2. The lowest BCUT2D eigenvalue weighted by atomic mass is 9.87. The molecule has 0 heterocycles. The van der Waals surface area contributed by atoms with Crippen molar-refractivity contribution in [2.75, 3.05) is 19.8 Å². The zero-order valence-electron chi connectivity index (χ0n) is 15.3. The van der Waals surface area contributed by atoms with E-state index in [0.29, 0.717) is 13.2 Å². The minimum absolute atomic E-state index is 0.109. The molecule has 0 aromatic heterocycles. The normalized spacial score (nSPS) is 13.7. The van der Waals surface area contributed by atoms with Crippen molar-refractivity contribution in [1.82, 2.24) is 5.32 Å². The van der Waals surface area contributed by atoms with Gasteiger partial charge in [-0.3, -0.25) is 4.79 Å². The molecule has 3 heteroatoms. The molecular weight excluding hydrogens is 262 g/mol. The van der Waals surface area contributed by atoms with Crippen LogP contribution in [0.1, 0.15) is 61.8 Å². The van der Waals surface area contributed by atoms with Gasteiger partial charge in [0.25, 0.3) is 0 Å². The van der Waals surface area contributed by atoms with Gasteiger partial charge in [-0.15, -0.1) is 0 Å². The first-order valence-electron chi connectivity index (χ1n) is 7.85. The van der Waals surface area contributed by atoms with E-state index < -0.39 is 0 Å². The minimum atomic E-state index is -0.383. The number of hydrogen-bond acceptors (Lipinski definition) is 2. The molecular formula is C18H35NO2. The molecule has 0 rings (SSSR count). The summed E-state index contributed by atoms with van der Waals surface area (Å²) in [6.45, 7) is 18.8. The fourth-order valence-electron chi connectivity index (χ4n) is 1.56. The van der Waals surface area contributed by atoms with Gasteiger partial charge in [-0.25, -0.2) is 0 Å². The Morgan fingerprint density at radius 1 is 0.952 bits per heavy atom. The van der Waals surface area contributed by atoms with Crippen molar-refractivity contribution >= 4 is 5.91 Å². The Kier molecular flexibility index (Phi) is 7.66. The van der Waals surface area contributed by atoms with E-state index in [1.54, 1.807) is 0 Å². The molecule has 0 aliphatic carbocycles. The van der Waals surface area contributed by atoms with Crippen molar-refractivity contribution in [3.8, 4) is 0 Å². The second-order valence-corrected chi connectivity index (χ2v) is 8.88. The number of hydrogen-bond donors (Lipinski definition) is 1. The van der Waals surface area contributed by atoms with Crippen molar-refractivity contribution in [1.29, 1.82) is 0 Å². The van der Waals surface area contributed by atoms with Crippen LogP contribution in [0.15, 0.2) is 12.2 Å². The van der Waals surface area contributed by atoms with Gasteiger partial charge in [-0.1, -0.05) is 67.5 Å². The maximum Gasteiger partial charge on any atom is 0.225 e. The van der Waals surface area contributed by atoms with E-state index in [9.17, 15) is 4.79 Å². The first-order valence-corrected chi connectivity index (χ1v) is 7.85. The monoisotopic (exact) mass is 297 g/mol. The van der Waals surface area contributed by atoms with E-state index in [4.69, 9.17) is 4.74 Å². The van der Waals surface area contributed by atoms with Crippen LogP contribution in [0.2, 0.25) is 0 Å². The molecule has 0 atom stereocenters. The van der Waals surface area contributed by atoms with Crippen LogP contribution in [0.3, 0.4) is 0 Å². The summed E-state index contributed by atoms with van der Waals surface area (Å²) >= 11 is 0. The number of allylic oxidation sites excluding steroid dienone is 1. The van der Waals surface area contributed by atoms with Crippen LogP contribution >= 0.6 is 0 Å². The van der Waals surface area contributed by atoms with E-state index >= 15 is 0 Å². The van der Waals surface area contributed by atoms with Gasteiger partial charge in [0.1, 0.15) is 0 Å². The Balaban J connectivity index is 4.08. The topological polar surface area (TPSA) is 38.3 Å². The lowest BCUT2D eigenvalue weighted by molar-refractivity contribution is -0.129. The fraction of sp³-hybridized carbons (Fsp3) is 0.833. The molecule has 0 aromatic carbocycles. The predicted octanol–water partition coefficient (Wildman–Crippen LogP) is 4.18. The van der Waals surface area contributed by atoms with Crippen LogP contribution in [0, 0.1) is 16.2 Å². The molecule has 3 nitrogen and oxygen atoms in total. The molecule has 0 spiro atoms. The number of rotatable bonds is 7. The molecule has 1 N–H and O–H groups in total. The third kappa shape index (κ3) is 11.5. The molecule has 0 fully saturated rings. The van der Waals surface area contributed by atoms with Crippen molar-refractivity contribution < 1.29 is 9.53 Å². The molecule has 21 heavy (non-hydrogen) atoms. The Bertz CT molecular complexity index is 343.